The fraction of sp³-hybridized carbons (Fsp3) is 0.211. The molecule has 142 valence electrons. The number of benzene rings is 2. The molecule has 1 aromatic heterocycles. The first-order valence-corrected chi connectivity index (χ1v) is 9.92. The fourth-order valence-electron chi connectivity index (χ4n) is 2.64. The molecule has 0 saturated carbocycles. The Bertz CT molecular complexity index is 975. The number of amides is 1. The van der Waals surface area contributed by atoms with E-state index >= 15 is 0 Å². The lowest BCUT2D eigenvalue weighted by atomic mass is 10.2. The van der Waals surface area contributed by atoms with Crippen molar-refractivity contribution in [3.63, 3.8) is 0 Å². The number of methoxy groups -OCH3 is 1. The van der Waals surface area contributed by atoms with Gasteiger partial charge in [0.25, 0.3) is 0 Å². The molecule has 3 aromatic rings. The number of nitrogens with one attached hydrogen (secondary N) is 3. The van der Waals surface area contributed by atoms with Gasteiger partial charge in [0.2, 0.25) is 5.91 Å². The van der Waals surface area contributed by atoms with Crippen molar-refractivity contribution in [2.45, 2.75) is 24.8 Å². The molecule has 0 saturated heterocycles. The van der Waals surface area contributed by atoms with Crippen molar-refractivity contribution < 1.29 is 9.53 Å². The molecule has 0 radical (unpaired) electrons. The third-order valence-electron chi connectivity index (χ3n) is 4.06. The van der Waals surface area contributed by atoms with Crippen molar-refractivity contribution in [2.75, 3.05) is 11.8 Å². The molecule has 5 nitrogen and oxygen atoms in total. The number of aromatic amines is 1. The number of ether oxygens (including phenoxy) is 1. The number of fused-ring (bicyclic) bond motifs is 1. The Labute approximate surface area is 171 Å². The summed E-state index contributed by atoms with van der Waals surface area (Å²) in [5, 5.41) is 4.86. The number of carbonyl (C=O) groups is 1. The highest BCUT2D eigenvalue weighted by atomic mass is 35.5. The van der Waals surface area contributed by atoms with Crippen LogP contribution in [0.25, 0.3) is 10.9 Å². The van der Waals surface area contributed by atoms with Crippen LogP contribution in [-0.2, 0) is 11.3 Å². The molecular weight excluding hydrogens is 405 g/mol. The van der Waals surface area contributed by atoms with Crippen LogP contribution in [0.3, 0.4) is 0 Å². The molecule has 0 fully saturated rings. The van der Waals surface area contributed by atoms with Crippen LogP contribution in [0, 0.1) is 0 Å². The molecule has 0 spiro atoms. The summed E-state index contributed by atoms with van der Waals surface area (Å²) in [5.41, 5.74) is 2.64. The first kappa shape index (κ1) is 19.7. The maximum atomic E-state index is 11.5. The molecule has 3 N–H and O–H groups in total. The van der Waals surface area contributed by atoms with E-state index in [1.807, 2.05) is 37.3 Å². The monoisotopic (exact) mass is 423 g/mol. The van der Waals surface area contributed by atoms with Gasteiger partial charge in [0.05, 0.1) is 28.4 Å². The van der Waals surface area contributed by atoms with Crippen LogP contribution in [0.4, 0.5) is 5.69 Å². The van der Waals surface area contributed by atoms with Gasteiger partial charge in [-0.15, -0.1) is 0 Å². The minimum absolute atomic E-state index is 0.000384. The number of hydrogen-bond acceptors (Lipinski definition) is 4. The Balaban J connectivity index is 1.78. The molecule has 3 rings (SSSR count). The van der Waals surface area contributed by atoms with E-state index in [1.54, 1.807) is 13.3 Å². The summed E-state index contributed by atoms with van der Waals surface area (Å²) < 4.78 is 8.71. The average Bonchev–Trinajstić information content (AvgIpc) is 3.08. The van der Waals surface area contributed by atoms with Gasteiger partial charge in [-0.3, -0.25) is 4.79 Å². The van der Waals surface area contributed by atoms with Gasteiger partial charge in [-0.1, -0.05) is 30.1 Å². The highest BCUT2D eigenvalue weighted by molar-refractivity contribution is 8.00. The summed E-state index contributed by atoms with van der Waals surface area (Å²) in [7, 11) is 1.62. The smallest absolute Gasteiger partial charge is 0.219 e. The van der Waals surface area contributed by atoms with E-state index in [9.17, 15) is 4.79 Å². The predicted octanol–water partition coefficient (Wildman–Crippen LogP) is 5.63. The topological polar surface area (TPSA) is 66.2 Å². The highest BCUT2D eigenvalue weighted by Gasteiger charge is 2.11. The average molecular weight is 424 g/mol. The van der Waals surface area contributed by atoms with E-state index in [4.69, 9.17) is 27.9 Å². The van der Waals surface area contributed by atoms with Gasteiger partial charge >= 0.3 is 0 Å². The van der Waals surface area contributed by atoms with E-state index in [0.29, 0.717) is 23.0 Å². The maximum absolute atomic E-state index is 11.5. The lowest BCUT2D eigenvalue weighted by molar-refractivity contribution is -0.120. The second-order valence-electron chi connectivity index (χ2n) is 5.79. The number of halogens is 2. The number of H-pyrrole nitrogens is 1. The Morgan fingerprint density at radius 3 is 2.78 bits per heavy atom. The van der Waals surface area contributed by atoms with Gasteiger partial charge in [0.15, 0.2) is 0 Å². The van der Waals surface area contributed by atoms with Crippen molar-refractivity contribution in [3.05, 3.63) is 52.1 Å². The van der Waals surface area contributed by atoms with E-state index in [1.165, 1.54) is 11.9 Å². The summed E-state index contributed by atoms with van der Waals surface area (Å²) in [4.78, 5) is 15.7. The number of aromatic nitrogens is 1. The van der Waals surface area contributed by atoms with Gasteiger partial charge in [-0.25, -0.2) is 0 Å². The number of hydrogen-bond donors (Lipinski definition) is 3. The van der Waals surface area contributed by atoms with Crippen LogP contribution in [0.2, 0.25) is 10.0 Å². The van der Waals surface area contributed by atoms with E-state index in [2.05, 4.69) is 15.0 Å². The van der Waals surface area contributed by atoms with E-state index in [-0.39, 0.29) is 5.91 Å². The molecule has 0 atom stereocenters. The van der Waals surface area contributed by atoms with E-state index in [0.717, 1.165) is 32.8 Å². The van der Waals surface area contributed by atoms with Gasteiger partial charge in [-0.05, 0) is 42.3 Å². The minimum Gasteiger partial charge on any atom is -0.496 e. The quantitative estimate of drug-likeness (QED) is 0.430. The van der Waals surface area contributed by atoms with Crippen LogP contribution >= 0.6 is 35.1 Å². The Morgan fingerprint density at radius 2 is 2.04 bits per heavy atom. The molecule has 1 amide bonds. The Morgan fingerprint density at radius 1 is 1.22 bits per heavy atom. The summed E-state index contributed by atoms with van der Waals surface area (Å²) in [5.74, 6) is 0.737. The minimum atomic E-state index is 0.000384. The Kier molecular flexibility index (Phi) is 6.42. The van der Waals surface area contributed by atoms with Crippen LogP contribution in [-0.4, -0.2) is 18.0 Å². The van der Waals surface area contributed by atoms with Crippen LogP contribution in [0.1, 0.15) is 18.9 Å². The van der Waals surface area contributed by atoms with Crippen molar-refractivity contribution >= 4 is 57.6 Å². The van der Waals surface area contributed by atoms with Crippen molar-refractivity contribution in [3.8, 4) is 5.75 Å². The Hall–Kier alpha value is -2.02. The van der Waals surface area contributed by atoms with Crippen molar-refractivity contribution in [1.82, 2.24) is 10.3 Å². The van der Waals surface area contributed by atoms with Gasteiger partial charge < -0.3 is 19.8 Å². The zero-order chi connectivity index (χ0) is 19.4. The molecular formula is C19H19Cl2N3O2S. The summed E-state index contributed by atoms with van der Waals surface area (Å²) >= 11 is 13.9. The third kappa shape index (κ3) is 4.46. The number of rotatable bonds is 7. The number of carbonyl (C=O) groups excluding carboxylic acids is 1. The van der Waals surface area contributed by atoms with Crippen molar-refractivity contribution in [2.24, 2.45) is 0 Å². The van der Waals surface area contributed by atoms with E-state index < -0.39 is 0 Å². The standard InChI is InChI=1S/C19H19Cl2N3O2S/c1-3-17(25)22-9-11-8-12(4-7-16(11)26-2)27-24-15-6-5-13(20)18-14(21)10-23-19(15)18/h4-8,10,23-24H,3,9H2,1-2H3,(H,22,25). The zero-order valence-corrected chi connectivity index (χ0v) is 17.2. The number of anilines is 1. The molecule has 0 bridgehead atoms. The molecule has 0 unspecified atom stereocenters. The third-order valence-corrected chi connectivity index (χ3v) is 5.49. The molecule has 0 aliphatic heterocycles. The second-order valence-corrected chi connectivity index (χ2v) is 7.48. The molecule has 8 heteroatoms. The first-order chi connectivity index (χ1) is 13.0. The zero-order valence-electron chi connectivity index (χ0n) is 14.9. The molecule has 2 aromatic carbocycles. The molecule has 0 aliphatic carbocycles. The maximum Gasteiger partial charge on any atom is 0.219 e. The van der Waals surface area contributed by atoms with Gasteiger partial charge in [0.1, 0.15) is 5.75 Å². The normalized spacial score (nSPS) is 10.8. The van der Waals surface area contributed by atoms with Crippen LogP contribution < -0.4 is 14.8 Å². The fourth-order valence-corrected chi connectivity index (χ4v) is 3.94. The lowest BCUT2D eigenvalue weighted by Gasteiger charge is -2.12. The SMILES string of the molecule is CCC(=O)NCc1cc(SNc2ccc(Cl)c3c(Cl)c[nH]c23)ccc1OC. The predicted molar refractivity (Wildman–Crippen MR) is 113 cm³/mol. The molecule has 0 aliphatic rings. The van der Waals surface area contributed by atoms with Crippen molar-refractivity contribution in [1.29, 1.82) is 0 Å². The van der Waals surface area contributed by atoms with Gasteiger partial charge in [0, 0.05) is 35.0 Å². The first-order valence-electron chi connectivity index (χ1n) is 8.35. The largest absolute Gasteiger partial charge is 0.496 e. The van der Waals surface area contributed by atoms with Crippen LogP contribution in [0.15, 0.2) is 41.4 Å². The van der Waals surface area contributed by atoms with Gasteiger partial charge in [-0.2, -0.15) is 0 Å². The van der Waals surface area contributed by atoms with Crippen LogP contribution in [0.5, 0.6) is 5.75 Å². The molecule has 27 heavy (non-hydrogen) atoms. The summed E-state index contributed by atoms with van der Waals surface area (Å²) in [6, 6.07) is 9.54. The highest BCUT2D eigenvalue weighted by Crippen LogP contribution is 2.36. The lowest BCUT2D eigenvalue weighted by Crippen LogP contribution is -2.21. The summed E-state index contributed by atoms with van der Waals surface area (Å²) in [6.07, 6.45) is 2.17. The second kappa shape index (κ2) is 8.78. The summed E-state index contributed by atoms with van der Waals surface area (Å²) in [6.45, 7) is 2.24. The molecule has 1 heterocycles.